The summed E-state index contributed by atoms with van der Waals surface area (Å²) in [4.78, 5) is 6.86. The van der Waals surface area contributed by atoms with Gasteiger partial charge in [0, 0.05) is 38.4 Å². The predicted molar refractivity (Wildman–Crippen MR) is 128 cm³/mol. The molecule has 2 rings (SSSR count). The number of halogens is 1. The molecule has 0 aliphatic rings. The summed E-state index contributed by atoms with van der Waals surface area (Å²) in [5, 5.41) is 11.4. The minimum atomic E-state index is 0. The molecule has 0 radical (unpaired) electrons. The lowest BCUT2D eigenvalue weighted by Crippen LogP contribution is -2.43. The van der Waals surface area contributed by atoms with Gasteiger partial charge in [0.05, 0.1) is 11.7 Å². The Kier molecular flexibility index (Phi) is 10.5. The van der Waals surface area contributed by atoms with Gasteiger partial charge in [0.2, 0.25) is 0 Å². The normalized spacial score (nSPS) is 12.6. The van der Waals surface area contributed by atoms with E-state index in [0.29, 0.717) is 12.6 Å². The summed E-state index contributed by atoms with van der Waals surface area (Å²) < 4.78 is 1.92. The number of nitrogens with one attached hydrogen (secondary N) is 2. The second-order valence-electron chi connectivity index (χ2n) is 6.73. The zero-order chi connectivity index (χ0) is 19.8. The van der Waals surface area contributed by atoms with Crippen LogP contribution in [0.5, 0.6) is 0 Å². The summed E-state index contributed by atoms with van der Waals surface area (Å²) in [6, 6.07) is 11.0. The van der Waals surface area contributed by atoms with E-state index < -0.39 is 0 Å². The molecular weight excluding hydrogens is 463 g/mol. The third kappa shape index (κ3) is 6.20. The van der Waals surface area contributed by atoms with Crippen molar-refractivity contribution in [3.05, 3.63) is 52.8 Å². The molecule has 7 heteroatoms. The van der Waals surface area contributed by atoms with Gasteiger partial charge < -0.3 is 10.6 Å². The summed E-state index contributed by atoms with van der Waals surface area (Å²) in [6.45, 7) is 12.1. The quantitative estimate of drug-likeness (QED) is 0.333. The summed E-state index contributed by atoms with van der Waals surface area (Å²) in [5.74, 6) is 0.811. The number of aromatic nitrogens is 2. The van der Waals surface area contributed by atoms with Gasteiger partial charge in [-0.1, -0.05) is 44.2 Å². The molecule has 0 saturated heterocycles. The molecular formula is C21H35IN6. The van der Waals surface area contributed by atoms with Gasteiger partial charge in [-0.2, -0.15) is 5.10 Å². The first-order chi connectivity index (χ1) is 13.0. The molecule has 0 saturated carbocycles. The zero-order valence-electron chi connectivity index (χ0n) is 18.0. The highest BCUT2D eigenvalue weighted by molar-refractivity contribution is 14.0. The highest BCUT2D eigenvalue weighted by Crippen LogP contribution is 2.19. The van der Waals surface area contributed by atoms with E-state index in [9.17, 15) is 0 Å². The van der Waals surface area contributed by atoms with Crippen LogP contribution in [0.2, 0.25) is 0 Å². The highest BCUT2D eigenvalue weighted by atomic mass is 127. The highest BCUT2D eigenvalue weighted by Gasteiger charge is 2.18. The van der Waals surface area contributed by atoms with E-state index in [4.69, 9.17) is 0 Å². The first-order valence-corrected chi connectivity index (χ1v) is 9.74. The van der Waals surface area contributed by atoms with Crippen LogP contribution < -0.4 is 10.6 Å². The second-order valence-corrected chi connectivity index (χ2v) is 6.73. The predicted octanol–water partition coefficient (Wildman–Crippen LogP) is 3.40. The fraction of sp³-hybridized carbons (Fsp3) is 0.524. The molecule has 0 bridgehead atoms. The van der Waals surface area contributed by atoms with Crippen LogP contribution in [0.15, 0.2) is 35.3 Å². The van der Waals surface area contributed by atoms with Crippen molar-refractivity contribution in [1.82, 2.24) is 25.3 Å². The third-order valence-corrected chi connectivity index (χ3v) is 5.22. The SMILES string of the molecule is CCN(CC)C(CNC(=NC)NCc1c(C)nn(C)c1C)c1ccccc1.I. The second kappa shape index (κ2) is 12.1. The van der Waals surface area contributed by atoms with Crippen LogP contribution in [-0.4, -0.2) is 47.3 Å². The summed E-state index contributed by atoms with van der Waals surface area (Å²) in [6.07, 6.45) is 0. The average molecular weight is 498 g/mol. The van der Waals surface area contributed by atoms with E-state index in [1.807, 2.05) is 25.7 Å². The number of hydrogen-bond acceptors (Lipinski definition) is 3. The van der Waals surface area contributed by atoms with Crippen molar-refractivity contribution in [3.8, 4) is 0 Å². The minimum absolute atomic E-state index is 0. The van der Waals surface area contributed by atoms with E-state index in [1.54, 1.807) is 0 Å². The molecule has 0 spiro atoms. The maximum Gasteiger partial charge on any atom is 0.191 e. The number of hydrogen-bond donors (Lipinski definition) is 2. The molecule has 1 unspecified atom stereocenters. The summed E-state index contributed by atoms with van der Waals surface area (Å²) >= 11 is 0. The van der Waals surface area contributed by atoms with Crippen molar-refractivity contribution in [1.29, 1.82) is 0 Å². The Labute approximate surface area is 186 Å². The smallest absolute Gasteiger partial charge is 0.191 e. The van der Waals surface area contributed by atoms with E-state index in [0.717, 1.165) is 31.3 Å². The zero-order valence-corrected chi connectivity index (χ0v) is 20.3. The Balaban J connectivity index is 0.00000392. The number of nitrogens with zero attached hydrogens (tertiary/aromatic N) is 4. The summed E-state index contributed by atoms with van der Waals surface area (Å²) in [5.41, 5.74) is 4.79. The van der Waals surface area contributed by atoms with Crippen LogP contribution in [0.25, 0.3) is 0 Å². The van der Waals surface area contributed by atoms with Gasteiger partial charge in [0.25, 0.3) is 0 Å². The van der Waals surface area contributed by atoms with Crippen LogP contribution in [0.1, 0.15) is 42.4 Å². The molecule has 6 nitrogen and oxygen atoms in total. The molecule has 1 aromatic heterocycles. The van der Waals surface area contributed by atoms with E-state index in [-0.39, 0.29) is 24.0 Å². The molecule has 2 aromatic rings. The molecule has 1 aromatic carbocycles. The molecule has 0 aliphatic carbocycles. The first kappa shape index (κ1) is 24.4. The van der Waals surface area contributed by atoms with E-state index in [2.05, 4.69) is 76.7 Å². The average Bonchev–Trinajstić information content (AvgIpc) is 2.93. The lowest BCUT2D eigenvalue weighted by Gasteiger charge is -2.30. The maximum absolute atomic E-state index is 4.48. The van der Waals surface area contributed by atoms with Gasteiger partial charge in [-0.05, 0) is 32.5 Å². The summed E-state index contributed by atoms with van der Waals surface area (Å²) in [7, 11) is 3.79. The largest absolute Gasteiger partial charge is 0.354 e. The number of guanidine groups is 1. The lowest BCUT2D eigenvalue weighted by molar-refractivity contribution is 0.219. The van der Waals surface area contributed by atoms with Gasteiger partial charge >= 0.3 is 0 Å². The molecule has 0 aliphatic heterocycles. The van der Waals surface area contributed by atoms with Crippen molar-refractivity contribution in [2.24, 2.45) is 12.0 Å². The molecule has 28 heavy (non-hydrogen) atoms. The van der Waals surface area contributed by atoms with Gasteiger partial charge in [0.1, 0.15) is 0 Å². The van der Waals surface area contributed by atoms with Crippen LogP contribution in [0, 0.1) is 13.8 Å². The molecule has 0 amide bonds. The van der Waals surface area contributed by atoms with Crippen molar-refractivity contribution in [2.45, 2.75) is 40.3 Å². The number of aryl methyl sites for hydroxylation is 2. The Morgan fingerprint density at radius 3 is 2.29 bits per heavy atom. The van der Waals surface area contributed by atoms with Crippen molar-refractivity contribution < 1.29 is 0 Å². The van der Waals surface area contributed by atoms with Gasteiger partial charge in [-0.15, -0.1) is 24.0 Å². The Morgan fingerprint density at radius 2 is 1.79 bits per heavy atom. The first-order valence-electron chi connectivity index (χ1n) is 9.74. The standard InChI is InChI=1S/C21H34N6.HI/c1-7-27(8-2)20(18-12-10-9-11-13-18)15-24-21(22-5)23-14-19-16(3)25-26(6)17(19)4;/h9-13,20H,7-8,14-15H2,1-6H3,(H2,22,23,24);1H. The van der Waals surface area contributed by atoms with Crippen LogP contribution in [-0.2, 0) is 13.6 Å². The fourth-order valence-corrected chi connectivity index (χ4v) is 3.46. The number of aliphatic imine (C=N–C) groups is 1. The number of benzene rings is 1. The Hall–Kier alpha value is -1.61. The topological polar surface area (TPSA) is 57.5 Å². The maximum atomic E-state index is 4.48. The van der Waals surface area contributed by atoms with Crippen molar-refractivity contribution >= 4 is 29.9 Å². The molecule has 1 atom stereocenters. The number of rotatable bonds is 8. The molecule has 156 valence electrons. The molecule has 0 fully saturated rings. The van der Waals surface area contributed by atoms with Gasteiger partial charge in [-0.3, -0.25) is 14.6 Å². The Morgan fingerprint density at radius 1 is 1.14 bits per heavy atom. The fourth-order valence-electron chi connectivity index (χ4n) is 3.46. The van der Waals surface area contributed by atoms with Crippen molar-refractivity contribution in [3.63, 3.8) is 0 Å². The van der Waals surface area contributed by atoms with E-state index >= 15 is 0 Å². The van der Waals surface area contributed by atoms with Crippen LogP contribution in [0.3, 0.4) is 0 Å². The van der Waals surface area contributed by atoms with Crippen LogP contribution >= 0.6 is 24.0 Å². The lowest BCUT2D eigenvalue weighted by atomic mass is 10.1. The monoisotopic (exact) mass is 498 g/mol. The van der Waals surface area contributed by atoms with Crippen LogP contribution in [0.4, 0.5) is 0 Å². The van der Waals surface area contributed by atoms with Gasteiger partial charge in [-0.25, -0.2) is 0 Å². The molecule has 2 N–H and O–H groups in total. The Bertz CT molecular complexity index is 737. The molecule has 1 heterocycles. The third-order valence-electron chi connectivity index (χ3n) is 5.22. The van der Waals surface area contributed by atoms with Crippen molar-refractivity contribution in [2.75, 3.05) is 26.7 Å². The van der Waals surface area contributed by atoms with Gasteiger partial charge in [0.15, 0.2) is 5.96 Å². The van der Waals surface area contributed by atoms with E-state index in [1.165, 1.54) is 16.8 Å². The number of likely N-dealkylation sites (N-methyl/N-ethyl adjacent to an activating group) is 1. The minimum Gasteiger partial charge on any atom is -0.354 e.